The second kappa shape index (κ2) is 43.1. The van der Waals surface area contributed by atoms with Crippen LogP contribution in [0.1, 0.15) is 207 Å². The highest BCUT2D eigenvalue weighted by Gasteiger charge is 2.14. The lowest BCUT2D eigenvalue weighted by atomic mass is 10.1. The molecule has 0 spiro atoms. The second-order valence-corrected chi connectivity index (χ2v) is 14.8. The fourth-order valence-corrected chi connectivity index (χ4v) is 6.27. The van der Waals surface area contributed by atoms with E-state index >= 15 is 0 Å². The number of rotatable bonds is 41. The van der Waals surface area contributed by atoms with Crippen LogP contribution in [0.2, 0.25) is 0 Å². The summed E-state index contributed by atoms with van der Waals surface area (Å²) in [5, 5.41) is 9.52. The number of unbranched alkanes of at least 4 members (excludes halogenated alkanes) is 21. The molecule has 0 saturated heterocycles. The highest BCUT2D eigenvalue weighted by atomic mass is 16.7. The van der Waals surface area contributed by atoms with Crippen molar-refractivity contribution in [3.8, 4) is 11.8 Å². The van der Waals surface area contributed by atoms with E-state index < -0.39 is 0 Å². The van der Waals surface area contributed by atoms with E-state index in [4.69, 9.17) is 18.9 Å². The molecule has 0 aromatic carbocycles. The molecular formula is C45H85NO7. The zero-order valence-corrected chi connectivity index (χ0v) is 35.1. The number of hydrogen-bond acceptors (Lipinski definition) is 8. The molecule has 0 heterocycles. The molecule has 0 atom stereocenters. The van der Waals surface area contributed by atoms with E-state index in [-0.39, 0.29) is 31.4 Å². The van der Waals surface area contributed by atoms with Crippen LogP contribution in [0, 0.1) is 11.8 Å². The highest BCUT2D eigenvalue weighted by Crippen LogP contribution is 2.13. The Morgan fingerprint density at radius 3 is 1.55 bits per heavy atom. The van der Waals surface area contributed by atoms with Crippen LogP contribution in [0.25, 0.3) is 0 Å². The van der Waals surface area contributed by atoms with E-state index in [0.29, 0.717) is 45.6 Å². The van der Waals surface area contributed by atoms with Gasteiger partial charge >= 0.3 is 11.9 Å². The minimum Gasteiger partial charge on any atom is -0.466 e. The number of hydrogen-bond donors (Lipinski definition) is 1. The Balaban J connectivity index is 4.00. The van der Waals surface area contributed by atoms with Gasteiger partial charge in [0.2, 0.25) is 0 Å². The summed E-state index contributed by atoms with van der Waals surface area (Å²) in [7, 11) is 0. The van der Waals surface area contributed by atoms with Gasteiger partial charge in [-0.3, -0.25) is 9.59 Å². The standard InChI is InChI=1S/C45H85NO7/c1-4-7-10-13-16-23-28-39-50-43(48)32-25-18-17-19-26-35-46(37-38-47)36-27-20-24-29-40-51-44(49)33-34-45(52-41-30-21-14-11-8-5-2)53-42-31-22-15-12-9-6-3/h45,47H,4-22,24-27,29-42H2,1-3H3. The SMILES string of the molecule is CCCCCCC#CCOC(=O)CCCCCCCN(CCO)CCCCCCOC(=O)CCC(OCCCCCCCC)OCCCCCCCC. The molecule has 0 radical (unpaired) electrons. The van der Waals surface area contributed by atoms with Gasteiger partial charge in [-0.1, -0.05) is 148 Å². The number of ether oxygens (including phenoxy) is 4. The monoisotopic (exact) mass is 752 g/mol. The molecule has 0 unspecified atom stereocenters. The van der Waals surface area contributed by atoms with E-state index in [1.807, 2.05) is 0 Å². The summed E-state index contributed by atoms with van der Waals surface area (Å²) < 4.78 is 22.9. The number of nitrogens with zero attached hydrogens (tertiary/aromatic N) is 1. The molecule has 1 N–H and O–H groups in total. The van der Waals surface area contributed by atoms with Crippen molar-refractivity contribution in [2.45, 2.75) is 213 Å². The fraction of sp³-hybridized carbons (Fsp3) is 0.911. The minimum absolute atomic E-state index is 0.144. The molecule has 0 bridgehead atoms. The molecule has 0 aromatic heterocycles. The van der Waals surface area contributed by atoms with Crippen LogP contribution >= 0.6 is 0 Å². The molecule has 0 saturated carbocycles. The van der Waals surface area contributed by atoms with Crippen molar-refractivity contribution in [2.24, 2.45) is 0 Å². The van der Waals surface area contributed by atoms with Gasteiger partial charge in [0.1, 0.15) is 0 Å². The van der Waals surface area contributed by atoms with E-state index in [0.717, 1.165) is 96.6 Å². The van der Waals surface area contributed by atoms with Gasteiger partial charge < -0.3 is 29.0 Å². The van der Waals surface area contributed by atoms with E-state index in [1.165, 1.54) is 83.5 Å². The van der Waals surface area contributed by atoms with Gasteiger partial charge in [0.25, 0.3) is 0 Å². The van der Waals surface area contributed by atoms with Crippen LogP contribution in [0.4, 0.5) is 0 Å². The first-order chi connectivity index (χ1) is 26.1. The third-order valence-electron chi connectivity index (χ3n) is 9.68. The van der Waals surface area contributed by atoms with Crippen molar-refractivity contribution in [1.82, 2.24) is 4.90 Å². The third kappa shape index (κ3) is 39.8. The Morgan fingerprint density at radius 1 is 0.509 bits per heavy atom. The summed E-state index contributed by atoms with van der Waals surface area (Å²) >= 11 is 0. The highest BCUT2D eigenvalue weighted by molar-refractivity contribution is 5.69. The van der Waals surface area contributed by atoms with Crippen molar-refractivity contribution >= 4 is 11.9 Å². The summed E-state index contributed by atoms with van der Waals surface area (Å²) in [6, 6.07) is 0. The largest absolute Gasteiger partial charge is 0.466 e. The van der Waals surface area contributed by atoms with Crippen LogP contribution in [0.15, 0.2) is 0 Å². The molecule has 8 heteroatoms. The van der Waals surface area contributed by atoms with Gasteiger partial charge in [0.15, 0.2) is 12.9 Å². The second-order valence-electron chi connectivity index (χ2n) is 14.8. The van der Waals surface area contributed by atoms with Crippen LogP contribution in [-0.4, -0.2) is 80.9 Å². The van der Waals surface area contributed by atoms with Crippen molar-refractivity contribution in [3.63, 3.8) is 0 Å². The number of aliphatic hydroxyl groups excluding tert-OH is 1. The topological polar surface area (TPSA) is 94.5 Å². The average molecular weight is 752 g/mol. The van der Waals surface area contributed by atoms with Crippen molar-refractivity contribution in [1.29, 1.82) is 0 Å². The molecule has 0 rings (SSSR count). The van der Waals surface area contributed by atoms with Crippen molar-refractivity contribution < 1.29 is 33.6 Å². The molecule has 312 valence electrons. The zero-order chi connectivity index (χ0) is 38.7. The fourth-order valence-electron chi connectivity index (χ4n) is 6.27. The Labute approximate surface area is 327 Å². The van der Waals surface area contributed by atoms with Gasteiger partial charge in [-0.2, -0.15) is 0 Å². The first kappa shape index (κ1) is 51.3. The summed E-state index contributed by atoms with van der Waals surface area (Å²) in [6.45, 7) is 11.6. The predicted molar refractivity (Wildman–Crippen MR) is 220 cm³/mol. The average Bonchev–Trinajstić information content (AvgIpc) is 3.15. The summed E-state index contributed by atoms with van der Waals surface area (Å²) in [5.74, 6) is 5.74. The predicted octanol–water partition coefficient (Wildman–Crippen LogP) is 11.1. The van der Waals surface area contributed by atoms with Gasteiger partial charge in [-0.25, -0.2) is 0 Å². The lowest BCUT2D eigenvalue weighted by Crippen LogP contribution is -2.29. The molecule has 0 fully saturated rings. The maximum absolute atomic E-state index is 12.5. The quantitative estimate of drug-likeness (QED) is 0.0286. The molecular weight excluding hydrogens is 666 g/mol. The van der Waals surface area contributed by atoms with Crippen LogP contribution in [0.3, 0.4) is 0 Å². The Kier molecular flexibility index (Phi) is 41.7. The van der Waals surface area contributed by atoms with Crippen molar-refractivity contribution in [3.05, 3.63) is 0 Å². The molecule has 0 amide bonds. The molecule has 53 heavy (non-hydrogen) atoms. The van der Waals surface area contributed by atoms with E-state index in [1.54, 1.807) is 0 Å². The number of carbonyl (C=O) groups excluding carboxylic acids is 2. The zero-order valence-electron chi connectivity index (χ0n) is 35.1. The molecule has 0 aliphatic carbocycles. The maximum Gasteiger partial charge on any atom is 0.306 e. The molecule has 8 nitrogen and oxygen atoms in total. The van der Waals surface area contributed by atoms with Gasteiger partial charge in [-0.15, -0.1) is 0 Å². The Hall–Kier alpha value is -1.66. The molecule has 0 aromatic rings. The summed E-state index contributed by atoms with van der Waals surface area (Å²) in [6.07, 6.45) is 30.7. The van der Waals surface area contributed by atoms with Gasteiger partial charge in [0, 0.05) is 39.0 Å². The molecule has 0 aliphatic rings. The third-order valence-corrected chi connectivity index (χ3v) is 9.68. The Morgan fingerprint density at radius 2 is 0.981 bits per heavy atom. The summed E-state index contributed by atoms with van der Waals surface area (Å²) in [5.41, 5.74) is 0. The van der Waals surface area contributed by atoms with Crippen molar-refractivity contribution in [2.75, 3.05) is 52.7 Å². The first-order valence-corrected chi connectivity index (χ1v) is 22.4. The first-order valence-electron chi connectivity index (χ1n) is 22.4. The summed E-state index contributed by atoms with van der Waals surface area (Å²) in [4.78, 5) is 26.7. The van der Waals surface area contributed by atoms with Crippen LogP contribution in [0.5, 0.6) is 0 Å². The number of aliphatic hydroxyl groups is 1. The Bertz CT molecular complexity index is 824. The lowest BCUT2D eigenvalue weighted by Gasteiger charge is -2.21. The van der Waals surface area contributed by atoms with E-state index in [9.17, 15) is 14.7 Å². The minimum atomic E-state index is -0.327. The smallest absolute Gasteiger partial charge is 0.306 e. The number of esters is 2. The van der Waals surface area contributed by atoms with Gasteiger partial charge in [-0.05, 0) is 58.0 Å². The van der Waals surface area contributed by atoms with Gasteiger partial charge in [0.05, 0.1) is 19.6 Å². The lowest BCUT2D eigenvalue weighted by molar-refractivity contribution is -0.159. The normalized spacial score (nSPS) is 11.3. The van der Waals surface area contributed by atoms with Crippen LogP contribution in [-0.2, 0) is 28.5 Å². The molecule has 0 aliphatic heterocycles. The maximum atomic E-state index is 12.5. The van der Waals surface area contributed by atoms with Crippen LogP contribution < -0.4 is 0 Å². The number of carbonyl (C=O) groups is 2. The van der Waals surface area contributed by atoms with E-state index in [2.05, 4.69) is 37.5 Å².